The van der Waals surface area contributed by atoms with Crippen molar-refractivity contribution >= 4 is 16.7 Å². The molecule has 0 saturated carbocycles. The van der Waals surface area contributed by atoms with E-state index in [1.807, 2.05) is 0 Å². The zero-order valence-corrected chi connectivity index (χ0v) is 12.9. The number of hydrogen-bond acceptors (Lipinski definition) is 3. The van der Waals surface area contributed by atoms with Crippen molar-refractivity contribution in [3.8, 4) is 5.75 Å². The second kappa shape index (κ2) is 6.78. The summed E-state index contributed by atoms with van der Waals surface area (Å²) in [6.45, 7) is 6.41. The summed E-state index contributed by atoms with van der Waals surface area (Å²) in [7, 11) is 0. The van der Waals surface area contributed by atoms with Gasteiger partial charge in [0.05, 0.1) is 17.0 Å². The second-order valence-corrected chi connectivity index (χ2v) is 5.60. The molecule has 1 unspecified atom stereocenters. The van der Waals surface area contributed by atoms with Gasteiger partial charge in [-0.2, -0.15) is 5.10 Å². The molecule has 3 N–H and O–H groups in total. The van der Waals surface area contributed by atoms with Gasteiger partial charge in [-0.15, -0.1) is 0 Å². The number of rotatable bonds is 7. The molecule has 0 amide bonds. The molecular formula is C16H24FN3O. The summed E-state index contributed by atoms with van der Waals surface area (Å²) in [5.74, 6) is 0.791. The van der Waals surface area contributed by atoms with Crippen molar-refractivity contribution in [2.75, 3.05) is 5.73 Å². The number of aromatic amines is 1. The van der Waals surface area contributed by atoms with Gasteiger partial charge in [0, 0.05) is 12.1 Å². The number of anilines is 1. The van der Waals surface area contributed by atoms with Gasteiger partial charge in [0.1, 0.15) is 11.6 Å². The molecule has 0 aliphatic heterocycles. The third kappa shape index (κ3) is 3.46. The molecule has 2 aromatic rings. The Morgan fingerprint density at radius 1 is 1.29 bits per heavy atom. The molecule has 21 heavy (non-hydrogen) atoms. The SMILES string of the molecule is CCCC(CCC)C(C)Oc1cc(F)c2c(N)n[nH]c2c1. The van der Waals surface area contributed by atoms with Crippen LogP contribution in [0.1, 0.15) is 46.5 Å². The van der Waals surface area contributed by atoms with Gasteiger partial charge in [-0.1, -0.05) is 26.7 Å². The zero-order valence-electron chi connectivity index (χ0n) is 12.9. The molecule has 2 rings (SSSR count). The molecule has 1 aromatic heterocycles. The highest BCUT2D eigenvalue weighted by molar-refractivity contribution is 5.90. The normalized spacial score (nSPS) is 13.0. The van der Waals surface area contributed by atoms with Crippen LogP contribution in [0.15, 0.2) is 12.1 Å². The van der Waals surface area contributed by atoms with Crippen molar-refractivity contribution < 1.29 is 9.13 Å². The maximum absolute atomic E-state index is 14.1. The van der Waals surface area contributed by atoms with Crippen molar-refractivity contribution in [2.45, 2.75) is 52.6 Å². The highest BCUT2D eigenvalue weighted by Gasteiger charge is 2.19. The fourth-order valence-electron chi connectivity index (χ4n) is 2.84. The Kier molecular flexibility index (Phi) is 5.04. The lowest BCUT2D eigenvalue weighted by Crippen LogP contribution is -2.23. The molecule has 0 spiro atoms. The van der Waals surface area contributed by atoms with E-state index in [2.05, 4.69) is 31.0 Å². The molecule has 0 aliphatic carbocycles. The van der Waals surface area contributed by atoms with Crippen molar-refractivity contribution in [3.05, 3.63) is 17.9 Å². The number of nitrogens with zero attached hydrogens (tertiary/aromatic N) is 1. The molecular weight excluding hydrogens is 269 g/mol. The number of ether oxygens (including phenoxy) is 1. The number of nitrogens with one attached hydrogen (secondary N) is 1. The Balaban J connectivity index is 2.18. The predicted molar refractivity (Wildman–Crippen MR) is 83.9 cm³/mol. The minimum atomic E-state index is -0.400. The largest absolute Gasteiger partial charge is 0.490 e. The first kappa shape index (κ1) is 15.6. The van der Waals surface area contributed by atoms with Crippen LogP contribution in [0, 0.1) is 11.7 Å². The molecule has 1 aromatic carbocycles. The van der Waals surface area contributed by atoms with E-state index in [0.717, 1.165) is 25.7 Å². The van der Waals surface area contributed by atoms with Crippen LogP contribution < -0.4 is 10.5 Å². The van der Waals surface area contributed by atoms with E-state index in [4.69, 9.17) is 10.5 Å². The van der Waals surface area contributed by atoms with Crippen LogP contribution >= 0.6 is 0 Å². The fourth-order valence-corrected chi connectivity index (χ4v) is 2.84. The Bertz CT molecular complexity index is 590. The van der Waals surface area contributed by atoms with E-state index in [9.17, 15) is 4.39 Å². The van der Waals surface area contributed by atoms with Gasteiger partial charge in [0.2, 0.25) is 0 Å². The van der Waals surface area contributed by atoms with Crippen LogP contribution in [0.2, 0.25) is 0 Å². The number of nitrogens with two attached hydrogens (primary N) is 1. The first-order valence-electron chi connectivity index (χ1n) is 7.66. The number of fused-ring (bicyclic) bond motifs is 1. The van der Waals surface area contributed by atoms with Crippen LogP contribution in [0.5, 0.6) is 5.75 Å². The van der Waals surface area contributed by atoms with Crippen molar-refractivity contribution in [2.24, 2.45) is 5.92 Å². The number of benzene rings is 1. The Morgan fingerprint density at radius 2 is 1.95 bits per heavy atom. The van der Waals surface area contributed by atoms with Crippen LogP contribution in [-0.4, -0.2) is 16.3 Å². The van der Waals surface area contributed by atoms with Crippen LogP contribution in [0.25, 0.3) is 10.9 Å². The quantitative estimate of drug-likeness (QED) is 0.801. The molecule has 1 atom stereocenters. The molecule has 0 saturated heterocycles. The highest BCUT2D eigenvalue weighted by Crippen LogP contribution is 2.29. The summed E-state index contributed by atoms with van der Waals surface area (Å²) in [6.07, 6.45) is 4.56. The van der Waals surface area contributed by atoms with Crippen LogP contribution in [0.3, 0.4) is 0 Å². The topological polar surface area (TPSA) is 63.9 Å². The van der Waals surface area contributed by atoms with Crippen molar-refractivity contribution in [3.63, 3.8) is 0 Å². The lowest BCUT2D eigenvalue weighted by molar-refractivity contribution is 0.137. The highest BCUT2D eigenvalue weighted by atomic mass is 19.1. The number of hydrogen-bond donors (Lipinski definition) is 2. The number of halogens is 1. The Hall–Kier alpha value is -1.78. The summed E-state index contributed by atoms with van der Waals surface area (Å²) in [5.41, 5.74) is 6.20. The van der Waals surface area contributed by atoms with Crippen LogP contribution in [-0.2, 0) is 0 Å². The summed E-state index contributed by atoms with van der Waals surface area (Å²) in [4.78, 5) is 0. The maximum atomic E-state index is 14.1. The van der Waals surface area contributed by atoms with E-state index in [-0.39, 0.29) is 11.9 Å². The van der Waals surface area contributed by atoms with Gasteiger partial charge < -0.3 is 10.5 Å². The van der Waals surface area contributed by atoms with Gasteiger partial charge in [-0.05, 0) is 25.7 Å². The summed E-state index contributed by atoms with van der Waals surface area (Å²) < 4.78 is 20.0. The number of H-pyrrole nitrogens is 1. The molecule has 116 valence electrons. The van der Waals surface area contributed by atoms with Gasteiger partial charge >= 0.3 is 0 Å². The third-order valence-corrected chi connectivity index (χ3v) is 3.92. The zero-order chi connectivity index (χ0) is 15.4. The molecule has 0 aliphatic rings. The summed E-state index contributed by atoms with van der Waals surface area (Å²) in [6, 6.07) is 3.15. The van der Waals surface area contributed by atoms with Crippen molar-refractivity contribution in [1.29, 1.82) is 0 Å². The monoisotopic (exact) mass is 293 g/mol. The van der Waals surface area contributed by atoms with Gasteiger partial charge in [0.25, 0.3) is 0 Å². The van der Waals surface area contributed by atoms with E-state index in [0.29, 0.717) is 22.6 Å². The number of nitrogen functional groups attached to an aromatic ring is 1. The molecule has 5 heteroatoms. The average Bonchev–Trinajstić information content (AvgIpc) is 2.80. The van der Waals surface area contributed by atoms with E-state index >= 15 is 0 Å². The predicted octanol–water partition coefficient (Wildman–Crippen LogP) is 4.27. The molecule has 1 heterocycles. The molecule has 0 fully saturated rings. The average molecular weight is 293 g/mol. The Labute approximate surface area is 124 Å². The first-order chi connectivity index (χ1) is 10.1. The smallest absolute Gasteiger partial charge is 0.156 e. The fraction of sp³-hybridized carbons (Fsp3) is 0.562. The molecule has 4 nitrogen and oxygen atoms in total. The molecule has 0 radical (unpaired) electrons. The van der Waals surface area contributed by atoms with Crippen molar-refractivity contribution in [1.82, 2.24) is 10.2 Å². The van der Waals surface area contributed by atoms with Gasteiger partial charge in [0.15, 0.2) is 5.82 Å². The lowest BCUT2D eigenvalue weighted by Gasteiger charge is -2.24. The van der Waals surface area contributed by atoms with Gasteiger partial charge in [-0.25, -0.2) is 4.39 Å². The second-order valence-electron chi connectivity index (χ2n) is 5.60. The van der Waals surface area contributed by atoms with Crippen LogP contribution in [0.4, 0.5) is 10.2 Å². The molecule has 0 bridgehead atoms. The van der Waals surface area contributed by atoms with E-state index in [1.165, 1.54) is 6.07 Å². The van der Waals surface area contributed by atoms with E-state index < -0.39 is 5.82 Å². The standard InChI is InChI=1S/C16H24FN3O/c1-4-6-11(7-5-2)10(3)21-12-8-13(17)15-14(9-12)19-20-16(15)18/h8-11H,4-7H2,1-3H3,(H3,18,19,20). The maximum Gasteiger partial charge on any atom is 0.156 e. The first-order valence-corrected chi connectivity index (χ1v) is 7.66. The lowest BCUT2D eigenvalue weighted by atomic mass is 9.93. The minimum Gasteiger partial charge on any atom is -0.490 e. The van der Waals surface area contributed by atoms with Gasteiger partial charge in [-0.3, -0.25) is 5.10 Å². The minimum absolute atomic E-state index is 0.0574. The third-order valence-electron chi connectivity index (χ3n) is 3.92. The summed E-state index contributed by atoms with van der Waals surface area (Å²) >= 11 is 0. The van der Waals surface area contributed by atoms with E-state index in [1.54, 1.807) is 6.07 Å². The Morgan fingerprint density at radius 3 is 2.57 bits per heavy atom. The summed E-state index contributed by atoms with van der Waals surface area (Å²) in [5, 5.41) is 6.88. The number of aromatic nitrogens is 2.